The lowest BCUT2D eigenvalue weighted by molar-refractivity contribution is -0.126. The molecule has 0 heterocycles. The van der Waals surface area contributed by atoms with Gasteiger partial charge in [-0.05, 0) is 42.3 Å². The highest BCUT2D eigenvalue weighted by Crippen LogP contribution is 2.38. The second-order valence-corrected chi connectivity index (χ2v) is 9.08. The quantitative estimate of drug-likeness (QED) is 0.633. The molecule has 0 saturated heterocycles. The van der Waals surface area contributed by atoms with Crippen LogP contribution in [0.25, 0.3) is 0 Å². The van der Waals surface area contributed by atoms with Crippen LogP contribution in [0, 0.1) is 5.41 Å². The largest absolute Gasteiger partial charge is 0.342 e. The van der Waals surface area contributed by atoms with Gasteiger partial charge in [-0.2, -0.15) is 0 Å². The van der Waals surface area contributed by atoms with E-state index in [4.69, 9.17) is 0 Å². The highest BCUT2D eigenvalue weighted by Gasteiger charge is 2.35. The van der Waals surface area contributed by atoms with E-state index in [0.29, 0.717) is 10.6 Å². The Morgan fingerprint density at radius 2 is 1.57 bits per heavy atom. The fourth-order valence-electron chi connectivity index (χ4n) is 3.79. The number of hydrogen-bond donors (Lipinski definition) is 2. The van der Waals surface area contributed by atoms with E-state index in [1.807, 2.05) is 61.5 Å². The number of carbonyl (C=O) groups is 3. The van der Waals surface area contributed by atoms with E-state index in [-0.39, 0.29) is 22.3 Å². The molecule has 2 amide bonds. The van der Waals surface area contributed by atoms with Crippen molar-refractivity contribution < 1.29 is 14.4 Å². The first-order valence-corrected chi connectivity index (χ1v) is 11.1. The molecule has 0 spiro atoms. The van der Waals surface area contributed by atoms with Crippen molar-refractivity contribution in [2.45, 2.75) is 56.9 Å². The predicted octanol–water partition coefficient (Wildman–Crippen LogP) is 5.09. The van der Waals surface area contributed by atoms with Crippen LogP contribution in [-0.4, -0.2) is 16.9 Å². The molecule has 1 atom stereocenters. The Morgan fingerprint density at radius 1 is 0.933 bits per heavy atom. The molecule has 1 aliphatic carbocycles. The van der Waals surface area contributed by atoms with Crippen molar-refractivity contribution in [1.29, 1.82) is 0 Å². The van der Waals surface area contributed by atoms with Gasteiger partial charge in [0.15, 0.2) is 0 Å². The van der Waals surface area contributed by atoms with Crippen molar-refractivity contribution >= 4 is 34.4 Å². The molecule has 2 aromatic carbocycles. The van der Waals surface area contributed by atoms with Gasteiger partial charge < -0.3 is 10.6 Å². The summed E-state index contributed by atoms with van der Waals surface area (Å²) in [7, 11) is 0. The van der Waals surface area contributed by atoms with E-state index in [1.165, 1.54) is 13.3 Å². The summed E-state index contributed by atoms with van der Waals surface area (Å²) in [4.78, 5) is 38.4. The van der Waals surface area contributed by atoms with Gasteiger partial charge in [0.25, 0.3) is 0 Å². The third-order valence-electron chi connectivity index (χ3n) is 5.57. The van der Waals surface area contributed by atoms with Crippen molar-refractivity contribution in [2.24, 2.45) is 5.41 Å². The molecule has 1 aliphatic rings. The SMILES string of the molecule is CC(=O)NC(C(=O)Sc1ccccc1NC(=O)C1(C)CCCCC1)c1ccccc1. The molecule has 2 N–H and O–H groups in total. The van der Waals surface area contributed by atoms with E-state index >= 15 is 0 Å². The van der Waals surface area contributed by atoms with E-state index in [1.54, 1.807) is 0 Å². The van der Waals surface area contributed by atoms with Gasteiger partial charge in [0.05, 0.1) is 5.69 Å². The Kier molecular flexibility index (Phi) is 7.32. The number of para-hydroxylation sites is 1. The van der Waals surface area contributed by atoms with Crippen LogP contribution >= 0.6 is 11.8 Å². The minimum Gasteiger partial charge on any atom is -0.342 e. The van der Waals surface area contributed by atoms with E-state index < -0.39 is 6.04 Å². The number of thioether (sulfide) groups is 1. The number of hydrogen-bond acceptors (Lipinski definition) is 4. The molecule has 5 nitrogen and oxygen atoms in total. The Morgan fingerprint density at radius 3 is 2.23 bits per heavy atom. The maximum absolute atomic E-state index is 13.1. The fraction of sp³-hybridized carbons (Fsp3) is 0.375. The van der Waals surface area contributed by atoms with Gasteiger partial charge in [-0.1, -0.05) is 68.7 Å². The molecular formula is C24H28N2O3S. The molecule has 2 aromatic rings. The lowest BCUT2D eigenvalue weighted by Crippen LogP contribution is -2.35. The maximum Gasteiger partial charge on any atom is 0.230 e. The van der Waals surface area contributed by atoms with Crippen molar-refractivity contribution in [3.8, 4) is 0 Å². The summed E-state index contributed by atoms with van der Waals surface area (Å²) in [6.45, 7) is 3.41. The molecule has 1 saturated carbocycles. The Bertz CT molecular complexity index is 908. The first-order chi connectivity index (χ1) is 14.4. The van der Waals surface area contributed by atoms with Gasteiger partial charge in [-0.3, -0.25) is 14.4 Å². The van der Waals surface area contributed by atoms with Crippen molar-refractivity contribution in [3.63, 3.8) is 0 Å². The van der Waals surface area contributed by atoms with Crippen LogP contribution in [0.5, 0.6) is 0 Å². The van der Waals surface area contributed by atoms with Crippen molar-refractivity contribution in [1.82, 2.24) is 5.32 Å². The fourth-order valence-corrected chi connectivity index (χ4v) is 4.69. The molecule has 1 unspecified atom stereocenters. The Labute approximate surface area is 182 Å². The molecule has 0 aromatic heterocycles. The van der Waals surface area contributed by atoms with Crippen LogP contribution in [0.15, 0.2) is 59.5 Å². The third kappa shape index (κ3) is 5.51. The van der Waals surface area contributed by atoms with E-state index in [0.717, 1.165) is 43.0 Å². The van der Waals surface area contributed by atoms with Gasteiger partial charge in [-0.15, -0.1) is 0 Å². The van der Waals surface area contributed by atoms with Crippen LogP contribution in [0.3, 0.4) is 0 Å². The molecule has 0 bridgehead atoms. The van der Waals surface area contributed by atoms with Crippen molar-refractivity contribution in [3.05, 3.63) is 60.2 Å². The topological polar surface area (TPSA) is 75.3 Å². The van der Waals surface area contributed by atoms with Crippen LogP contribution in [0.4, 0.5) is 5.69 Å². The summed E-state index contributed by atoms with van der Waals surface area (Å²) in [5.41, 5.74) is 0.978. The summed E-state index contributed by atoms with van der Waals surface area (Å²) in [6.07, 6.45) is 5.06. The number of benzene rings is 2. The zero-order chi connectivity index (χ0) is 21.6. The lowest BCUT2D eigenvalue weighted by atomic mass is 9.75. The standard InChI is InChI=1S/C24H28N2O3S/c1-17(27)25-21(18-11-5-3-6-12-18)22(28)30-20-14-8-7-13-19(20)26-23(29)24(2)15-9-4-10-16-24/h3,5-8,11-14,21H,4,9-10,15-16H2,1-2H3,(H,25,27)(H,26,29). The summed E-state index contributed by atoms with van der Waals surface area (Å²) in [5, 5.41) is 5.58. The average Bonchev–Trinajstić information content (AvgIpc) is 2.74. The lowest BCUT2D eigenvalue weighted by Gasteiger charge is -2.32. The van der Waals surface area contributed by atoms with E-state index in [2.05, 4.69) is 10.6 Å². The summed E-state index contributed by atoms with van der Waals surface area (Å²) in [6, 6.07) is 15.7. The Hall–Kier alpha value is -2.60. The first-order valence-electron chi connectivity index (χ1n) is 10.3. The minimum absolute atomic E-state index is 0.00386. The number of anilines is 1. The third-order valence-corrected chi connectivity index (χ3v) is 6.58. The number of rotatable bonds is 6. The zero-order valence-electron chi connectivity index (χ0n) is 17.4. The predicted molar refractivity (Wildman–Crippen MR) is 120 cm³/mol. The monoisotopic (exact) mass is 424 g/mol. The number of amides is 2. The second-order valence-electron chi connectivity index (χ2n) is 8.04. The smallest absolute Gasteiger partial charge is 0.230 e. The van der Waals surface area contributed by atoms with Crippen LogP contribution in [-0.2, 0) is 14.4 Å². The Balaban J connectivity index is 1.78. The summed E-state index contributed by atoms with van der Waals surface area (Å²) < 4.78 is 0. The highest BCUT2D eigenvalue weighted by molar-refractivity contribution is 8.13. The molecule has 30 heavy (non-hydrogen) atoms. The van der Waals surface area contributed by atoms with Crippen LogP contribution < -0.4 is 10.6 Å². The molecule has 0 radical (unpaired) electrons. The molecule has 0 aliphatic heterocycles. The molecule has 158 valence electrons. The van der Waals surface area contributed by atoms with E-state index in [9.17, 15) is 14.4 Å². The van der Waals surface area contributed by atoms with Gasteiger partial charge in [-0.25, -0.2) is 0 Å². The van der Waals surface area contributed by atoms with Crippen LogP contribution in [0.2, 0.25) is 0 Å². The number of nitrogens with one attached hydrogen (secondary N) is 2. The minimum atomic E-state index is -0.756. The summed E-state index contributed by atoms with van der Waals surface area (Å²) in [5.74, 6) is -0.270. The zero-order valence-corrected chi connectivity index (χ0v) is 18.3. The molecule has 1 fully saturated rings. The molecule has 6 heteroatoms. The highest BCUT2D eigenvalue weighted by atomic mass is 32.2. The van der Waals surface area contributed by atoms with Crippen LogP contribution in [0.1, 0.15) is 57.6 Å². The van der Waals surface area contributed by atoms with Gasteiger partial charge in [0.1, 0.15) is 6.04 Å². The van der Waals surface area contributed by atoms with Gasteiger partial charge in [0.2, 0.25) is 16.9 Å². The molecule has 3 rings (SSSR count). The van der Waals surface area contributed by atoms with Gasteiger partial charge in [0, 0.05) is 17.2 Å². The van der Waals surface area contributed by atoms with Crippen molar-refractivity contribution in [2.75, 3.05) is 5.32 Å². The maximum atomic E-state index is 13.1. The average molecular weight is 425 g/mol. The number of carbonyl (C=O) groups excluding carboxylic acids is 3. The second kappa shape index (κ2) is 9.94. The first kappa shape index (κ1) is 22.1. The normalized spacial score (nSPS) is 16.3. The van der Waals surface area contributed by atoms with Gasteiger partial charge >= 0.3 is 0 Å². The molecular weight excluding hydrogens is 396 g/mol. The summed E-state index contributed by atoms with van der Waals surface area (Å²) >= 11 is 1.03.